The number of benzene rings is 1. The molecule has 2 atom stereocenters. The zero-order valence-corrected chi connectivity index (χ0v) is 28.9. The maximum atomic E-state index is 11.2. The van der Waals surface area contributed by atoms with Gasteiger partial charge in [-0.1, -0.05) is 23.2 Å². The Labute approximate surface area is 292 Å². The zero-order chi connectivity index (χ0) is 33.6. The van der Waals surface area contributed by atoms with Crippen molar-refractivity contribution in [2.75, 3.05) is 59.4 Å². The summed E-state index contributed by atoms with van der Waals surface area (Å²) in [7, 11) is 1.73. The van der Waals surface area contributed by atoms with Crippen LogP contribution in [0, 0.1) is 11.8 Å². The molecular formula is C34H46Cl2N8O4. The number of hydrogen-bond donors (Lipinski definition) is 4. The van der Waals surface area contributed by atoms with Crippen LogP contribution in [0.4, 0.5) is 0 Å². The minimum absolute atomic E-state index is 0.194. The summed E-state index contributed by atoms with van der Waals surface area (Å²) >= 11 is 12.7. The van der Waals surface area contributed by atoms with E-state index in [0.717, 1.165) is 101 Å². The second-order valence-corrected chi connectivity index (χ2v) is 14.1. The molecule has 1 saturated carbocycles. The van der Waals surface area contributed by atoms with Crippen LogP contribution in [0.5, 0.6) is 5.88 Å². The van der Waals surface area contributed by atoms with Crippen LogP contribution < -0.4 is 15.4 Å². The Morgan fingerprint density at radius 3 is 2.44 bits per heavy atom. The number of aliphatic imine (C=N–C) groups is 2. The van der Waals surface area contributed by atoms with Gasteiger partial charge in [-0.3, -0.25) is 30.2 Å². The quantitative estimate of drug-likeness (QED) is 0.258. The van der Waals surface area contributed by atoms with Crippen molar-refractivity contribution in [3.8, 4) is 17.1 Å². The summed E-state index contributed by atoms with van der Waals surface area (Å²) < 4.78 is 6.47. The number of pyridine rings is 1. The molecule has 0 bridgehead atoms. The predicted molar refractivity (Wildman–Crippen MR) is 188 cm³/mol. The molecule has 4 aliphatic rings. The number of piperazine rings is 1. The van der Waals surface area contributed by atoms with Crippen LogP contribution in [0.25, 0.3) is 11.3 Å². The fourth-order valence-corrected chi connectivity index (χ4v) is 7.43. The van der Waals surface area contributed by atoms with E-state index in [1.54, 1.807) is 13.1 Å². The Morgan fingerprint density at radius 1 is 1.02 bits per heavy atom. The van der Waals surface area contributed by atoms with Crippen LogP contribution in [0.15, 0.2) is 40.3 Å². The van der Waals surface area contributed by atoms with E-state index in [1.807, 2.05) is 24.4 Å². The first-order chi connectivity index (χ1) is 23.2. The number of carboxylic acid groups (broad SMARTS) is 1. The average molecular weight is 702 g/mol. The predicted octanol–water partition coefficient (Wildman–Crippen LogP) is 3.41. The van der Waals surface area contributed by atoms with Crippen LogP contribution in [-0.4, -0.2) is 126 Å². The molecule has 0 spiro atoms. The van der Waals surface area contributed by atoms with Crippen LogP contribution in [-0.2, 0) is 11.3 Å². The van der Waals surface area contributed by atoms with Gasteiger partial charge in [-0.15, -0.1) is 0 Å². The number of hydrogen-bond acceptors (Lipinski definition) is 11. The molecule has 1 aromatic carbocycles. The van der Waals surface area contributed by atoms with Crippen molar-refractivity contribution in [3.05, 3.63) is 45.9 Å². The number of ether oxygens (including phenoxy) is 1. The van der Waals surface area contributed by atoms with E-state index in [1.165, 1.54) is 0 Å². The summed E-state index contributed by atoms with van der Waals surface area (Å²) in [6.07, 6.45) is 5.15. The average Bonchev–Trinajstić information content (AvgIpc) is 3.28. The number of piperidine rings is 1. The fourth-order valence-electron chi connectivity index (χ4n) is 6.91. The smallest absolute Gasteiger partial charge is 0.306 e. The van der Waals surface area contributed by atoms with Crippen molar-refractivity contribution >= 4 is 41.3 Å². The van der Waals surface area contributed by atoms with E-state index < -0.39 is 12.3 Å². The lowest BCUT2D eigenvalue weighted by molar-refractivity contribution is -0.147. The highest BCUT2D eigenvalue weighted by molar-refractivity contribution is 6.35. The summed E-state index contributed by atoms with van der Waals surface area (Å²) in [5, 5.41) is 26.0. The van der Waals surface area contributed by atoms with E-state index in [-0.39, 0.29) is 12.0 Å². The van der Waals surface area contributed by atoms with Gasteiger partial charge in [0.15, 0.2) is 6.35 Å². The molecule has 1 aliphatic carbocycles. The van der Waals surface area contributed by atoms with Gasteiger partial charge in [0.05, 0.1) is 11.6 Å². The van der Waals surface area contributed by atoms with E-state index in [4.69, 9.17) is 42.9 Å². The van der Waals surface area contributed by atoms with Crippen molar-refractivity contribution in [1.29, 1.82) is 0 Å². The van der Waals surface area contributed by atoms with Crippen LogP contribution in [0.3, 0.4) is 0 Å². The van der Waals surface area contributed by atoms with Gasteiger partial charge in [0.1, 0.15) is 6.10 Å². The van der Waals surface area contributed by atoms with Crippen molar-refractivity contribution in [3.63, 3.8) is 0 Å². The van der Waals surface area contributed by atoms with Gasteiger partial charge in [-0.25, -0.2) is 9.98 Å². The molecule has 4 heterocycles. The largest absolute Gasteiger partial charge is 0.481 e. The number of guanidine groups is 1. The molecule has 1 aromatic heterocycles. The number of likely N-dealkylation sites (tertiary alicyclic amines) is 1. The molecule has 48 heavy (non-hydrogen) atoms. The first kappa shape index (κ1) is 35.0. The molecule has 14 heteroatoms. The summed E-state index contributed by atoms with van der Waals surface area (Å²) in [5.74, 6) is 0.897. The van der Waals surface area contributed by atoms with Crippen LogP contribution in [0.1, 0.15) is 37.7 Å². The standard InChI is InChI=1S/C34H46Cl2N8O4/c1-37-34(47)40-19-22-3-6-42(7-4-22)21-23-12-30(24-14-26(35)18-27(36)15-24)41-31(13-23)48-29-2-5-38-33(39-20-29)44-10-8-43(9-11-44)28-16-25(17-28)32(45)46/h12-15,18,20,22,25,28-29,34,37,40,47H,2-11,16-17,19,21H2,1H3,(H,45,46)/t25?,28?,29-,34?/m0/s1. The van der Waals surface area contributed by atoms with Crippen molar-refractivity contribution in [2.24, 2.45) is 21.8 Å². The third kappa shape index (κ3) is 9.23. The van der Waals surface area contributed by atoms with Gasteiger partial charge in [-0.05, 0) is 81.6 Å². The van der Waals surface area contributed by atoms with Gasteiger partial charge in [-0.2, -0.15) is 0 Å². The third-order valence-electron chi connectivity index (χ3n) is 9.88. The van der Waals surface area contributed by atoms with E-state index in [0.29, 0.717) is 40.9 Å². The van der Waals surface area contributed by atoms with Gasteiger partial charge >= 0.3 is 5.97 Å². The second-order valence-electron chi connectivity index (χ2n) is 13.3. The maximum absolute atomic E-state index is 11.2. The second kappa shape index (κ2) is 16.2. The molecule has 260 valence electrons. The lowest BCUT2D eigenvalue weighted by Crippen LogP contribution is -2.55. The van der Waals surface area contributed by atoms with Crippen LogP contribution >= 0.6 is 23.2 Å². The monoisotopic (exact) mass is 700 g/mol. The molecule has 1 unspecified atom stereocenters. The normalized spacial score (nSPS) is 24.9. The number of aromatic nitrogens is 1. The van der Waals surface area contributed by atoms with Gasteiger partial charge < -0.3 is 19.8 Å². The number of nitrogens with one attached hydrogen (secondary N) is 2. The summed E-state index contributed by atoms with van der Waals surface area (Å²) in [6, 6.07) is 9.91. The molecule has 12 nitrogen and oxygen atoms in total. The summed E-state index contributed by atoms with van der Waals surface area (Å²) in [4.78, 5) is 32.7. The molecule has 0 radical (unpaired) electrons. The molecule has 2 saturated heterocycles. The highest BCUT2D eigenvalue weighted by Gasteiger charge is 2.39. The number of nitrogens with zero attached hydrogens (tertiary/aromatic N) is 6. The number of aliphatic hydroxyl groups is 1. The molecule has 3 fully saturated rings. The summed E-state index contributed by atoms with van der Waals surface area (Å²) in [5.41, 5.74) is 2.66. The minimum Gasteiger partial charge on any atom is -0.481 e. The highest BCUT2D eigenvalue weighted by Crippen LogP contribution is 2.33. The van der Waals surface area contributed by atoms with E-state index >= 15 is 0 Å². The molecule has 0 amide bonds. The Balaban J connectivity index is 1.09. The van der Waals surface area contributed by atoms with Crippen molar-refractivity contribution in [1.82, 2.24) is 30.3 Å². The minimum atomic E-state index is -0.683. The Kier molecular flexibility index (Phi) is 11.8. The van der Waals surface area contributed by atoms with Crippen molar-refractivity contribution < 1.29 is 19.7 Å². The van der Waals surface area contributed by atoms with Crippen molar-refractivity contribution in [2.45, 2.75) is 57.1 Å². The van der Waals surface area contributed by atoms with E-state index in [2.05, 4.69) is 31.4 Å². The van der Waals surface area contributed by atoms with Gasteiger partial charge in [0, 0.05) is 86.2 Å². The van der Waals surface area contributed by atoms with E-state index in [9.17, 15) is 15.0 Å². The summed E-state index contributed by atoms with van der Waals surface area (Å²) in [6.45, 7) is 7.46. The molecular weight excluding hydrogens is 655 g/mol. The first-order valence-corrected chi connectivity index (χ1v) is 17.7. The first-order valence-electron chi connectivity index (χ1n) is 17.0. The Morgan fingerprint density at radius 2 is 1.75 bits per heavy atom. The maximum Gasteiger partial charge on any atom is 0.306 e. The third-order valence-corrected chi connectivity index (χ3v) is 10.3. The molecule has 4 N–H and O–H groups in total. The number of carboxylic acids is 1. The zero-order valence-electron chi connectivity index (χ0n) is 27.4. The Bertz CT molecular complexity index is 1450. The number of aliphatic carboxylic acids is 1. The molecule has 6 rings (SSSR count). The fraction of sp³-hybridized carbons (Fsp3) is 0.588. The lowest BCUT2D eigenvalue weighted by atomic mass is 9.79. The lowest BCUT2D eigenvalue weighted by Gasteiger charge is -2.45. The Hall–Kier alpha value is -2.84. The van der Waals surface area contributed by atoms with Gasteiger partial charge in [0.2, 0.25) is 11.8 Å². The molecule has 3 aliphatic heterocycles. The highest BCUT2D eigenvalue weighted by atomic mass is 35.5. The topological polar surface area (TPSA) is 138 Å². The molecule has 2 aromatic rings. The number of rotatable bonds is 11. The SMILES string of the molecule is CNC(O)NCC1CCN(Cc2cc(O[C@@H]3C=NC(N4CCN(C5CC(C(=O)O)C5)CC4)=NCC3)nc(-c3cc(Cl)cc(Cl)c3)c2)CC1. The van der Waals surface area contributed by atoms with Gasteiger partial charge in [0.25, 0.3) is 0 Å². The van der Waals surface area contributed by atoms with Crippen LogP contribution in [0.2, 0.25) is 10.0 Å². The number of aliphatic hydroxyl groups excluding tert-OH is 1. The number of halogens is 2. The number of carbonyl (C=O) groups is 1.